The van der Waals surface area contributed by atoms with Gasteiger partial charge in [0.05, 0.1) is 18.3 Å². The number of carbonyl (C=O) groups excluding carboxylic acids is 1. The number of aliphatic hydroxyl groups is 2. The largest absolute Gasteiger partial charge is 0.394 e. The summed E-state index contributed by atoms with van der Waals surface area (Å²) in [7, 11) is 0. The lowest BCUT2D eigenvalue weighted by atomic mass is 10.00. The van der Waals surface area contributed by atoms with Crippen molar-refractivity contribution in [2.75, 3.05) is 13.2 Å². The van der Waals surface area contributed by atoms with Gasteiger partial charge in [-0.05, 0) is 32.8 Å². The molecule has 1 aromatic heterocycles. The summed E-state index contributed by atoms with van der Waals surface area (Å²) in [4.78, 5) is 12.1. The Labute approximate surface area is 130 Å². The van der Waals surface area contributed by atoms with Gasteiger partial charge in [0.2, 0.25) is 5.91 Å². The van der Waals surface area contributed by atoms with Crippen LogP contribution in [0.3, 0.4) is 0 Å². The van der Waals surface area contributed by atoms with Crippen molar-refractivity contribution in [1.82, 2.24) is 15.1 Å². The van der Waals surface area contributed by atoms with Gasteiger partial charge in [-0.15, -0.1) is 0 Å². The predicted octanol–water partition coefficient (Wildman–Crippen LogP) is -0.175. The molecule has 0 spiro atoms. The van der Waals surface area contributed by atoms with E-state index in [1.807, 2.05) is 25.5 Å². The molecule has 1 aliphatic rings. The highest BCUT2D eigenvalue weighted by Gasteiger charge is 2.33. The van der Waals surface area contributed by atoms with Gasteiger partial charge in [0.15, 0.2) is 0 Å². The van der Waals surface area contributed by atoms with E-state index in [9.17, 15) is 9.90 Å². The number of hydrogen-bond acceptors (Lipinski definition) is 5. The summed E-state index contributed by atoms with van der Waals surface area (Å²) in [5.41, 5.74) is 3.19. The Morgan fingerprint density at radius 1 is 1.45 bits per heavy atom. The molecule has 0 saturated carbocycles. The standard InChI is InChI=1S/C15H25N3O4/c1-9-10(2)17-18(11(9)3)6-4-14(20)16-12-5-7-22-13(8-19)15(12)21/h12-13,15,19,21H,4-8H2,1-3H3,(H,16,20)/t12-,13+,15-/m0/s1. The summed E-state index contributed by atoms with van der Waals surface area (Å²) in [6, 6.07) is -0.374. The molecular weight excluding hydrogens is 286 g/mol. The molecule has 0 radical (unpaired) electrons. The number of nitrogens with zero attached hydrogens (tertiary/aromatic N) is 2. The van der Waals surface area contributed by atoms with Crippen LogP contribution < -0.4 is 5.32 Å². The maximum Gasteiger partial charge on any atom is 0.222 e. The van der Waals surface area contributed by atoms with Gasteiger partial charge in [-0.3, -0.25) is 9.48 Å². The normalized spacial score (nSPS) is 25.2. The average Bonchev–Trinajstić information content (AvgIpc) is 2.74. The van der Waals surface area contributed by atoms with Crippen LogP contribution in [0.15, 0.2) is 0 Å². The SMILES string of the molecule is Cc1nn(CCC(=O)N[C@H]2CCO[C@H](CO)[C@H]2O)c(C)c1C. The number of rotatable bonds is 5. The Hall–Kier alpha value is -1.44. The second-order valence-corrected chi connectivity index (χ2v) is 5.81. The van der Waals surface area contributed by atoms with Crippen LogP contribution in [-0.4, -0.2) is 57.4 Å². The molecule has 1 fully saturated rings. The first-order valence-corrected chi connectivity index (χ1v) is 7.64. The van der Waals surface area contributed by atoms with Crippen molar-refractivity contribution in [2.24, 2.45) is 0 Å². The third kappa shape index (κ3) is 3.66. The van der Waals surface area contributed by atoms with Gasteiger partial charge < -0.3 is 20.3 Å². The van der Waals surface area contributed by atoms with E-state index < -0.39 is 12.2 Å². The lowest BCUT2D eigenvalue weighted by molar-refractivity contribution is -0.131. The Morgan fingerprint density at radius 3 is 2.77 bits per heavy atom. The van der Waals surface area contributed by atoms with Gasteiger partial charge in [0.1, 0.15) is 12.2 Å². The van der Waals surface area contributed by atoms with E-state index >= 15 is 0 Å². The fourth-order valence-corrected chi connectivity index (χ4v) is 2.68. The Morgan fingerprint density at radius 2 is 2.18 bits per heavy atom. The van der Waals surface area contributed by atoms with Gasteiger partial charge in [0, 0.05) is 25.3 Å². The van der Waals surface area contributed by atoms with E-state index in [2.05, 4.69) is 10.4 Å². The zero-order valence-electron chi connectivity index (χ0n) is 13.4. The zero-order chi connectivity index (χ0) is 16.3. The first kappa shape index (κ1) is 16.9. The van der Waals surface area contributed by atoms with Crippen molar-refractivity contribution in [3.05, 3.63) is 17.0 Å². The van der Waals surface area contributed by atoms with Crippen molar-refractivity contribution < 1.29 is 19.7 Å². The number of aromatic nitrogens is 2. The minimum atomic E-state index is -0.876. The smallest absolute Gasteiger partial charge is 0.222 e. The van der Waals surface area contributed by atoms with E-state index in [0.717, 1.165) is 17.0 Å². The van der Waals surface area contributed by atoms with Gasteiger partial charge >= 0.3 is 0 Å². The molecule has 0 aromatic carbocycles. The van der Waals surface area contributed by atoms with E-state index in [1.54, 1.807) is 0 Å². The number of amides is 1. The summed E-state index contributed by atoms with van der Waals surface area (Å²) < 4.78 is 7.08. The van der Waals surface area contributed by atoms with Gasteiger partial charge in [0.25, 0.3) is 0 Å². The van der Waals surface area contributed by atoms with E-state index in [0.29, 0.717) is 26.0 Å². The number of aliphatic hydroxyl groups excluding tert-OH is 2. The van der Waals surface area contributed by atoms with Gasteiger partial charge in [-0.25, -0.2) is 0 Å². The van der Waals surface area contributed by atoms with Crippen molar-refractivity contribution in [1.29, 1.82) is 0 Å². The fourth-order valence-electron chi connectivity index (χ4n) is 2.68. The maximum atomic E-state index is 12.1. The molecule has 1 aliphatic heterocycles. The van der Waals surface area contributed by atoms with E-state index in [-0.39, 0.29) is 18.6 Å². The Kier molecular flexibility index (Phi) is 5.55. The van der Waals surface area contributed by atoms with Crippen LogP contribution in [0.2, 0.25) is 0 Å². The molecule has 1 amide bonds. The van der Waals surface area contributed by atoms with Crippen LogP contribution in [-0.2, 0) is 16.1 Å². The van der Waals surface area contributed by atoms with Crippen LogP contribution in [0.4, 0.5) is 0 Å². The molecule has 2 rings (SSSR count). The van der Waals surface area contributed by atoms with Crippen LogP contribution in [0.5, 0.6) is 0 Å². The first-order valence-electron chi connectivity index (χ1n) is 7.64. The van der Waals surface area contributed by atoms with Crippen LogP contribution in [0.25, 0.3) is 0 Å². The highest BCUT2D eigenvalue weighted by molar-refractivity contribution is 5.76. The summed E-state index contributed by atoms with van der Waals surface area (Å²) >= 11 is 0. The quantitative estimate of drug-likeness (QED) is 0.701. The topological polar surface area (TPSA) is 96.6 Å². The molecular formula is C15H25N3O4. The highest BCUT2D eigenvalue weighted by Crippen LogP contribution is 2.15. The third-order valence-corrected chi connectivity index (χ3v) is 4.37. The lowest BCUT2D eigenvalue weighted by Crippen LogP contribution is -2.54. The van der Waals surface area contributed by atoms with Crippen LogP contribution >= 0.6 is 0 Å². The summed E-state index contributed by atoms with van der Waals surface area (Å²) in [6.07, 6.45) is -0.658. The zero-order valence-corrected chi connectivity index (χ0v) is 13.4. The number of nitrogens with one attached hydrogen (secondary N) is 1. The maximum absolute atomic E-state index is 12.1. The molecule has 0 aliphatic carbocycles. The highest BCUT2D eigenvalue weighted by atomic mass is 16.5. The molecule has 0 bridgehead atoms. The van der Waals surface area contributed by atoms with Gasteiger partial charge in [-0.1, -0.05) is 0 Å². The monoisotopic (exact) mass is 311 g/mol. The molecule has 7 heteroatoms. The first-order chi connectivity index (χ1) is 10.4. The van der Waals surface area contributed by atoms with Crippen LogP contribution in [0.1, 0.15) is 29.8 Å². The van der Waals surface area contributed by atoms with Gasteiger partial charge in [-0.2, -0.15) is 5.10 Å². The molecule has 124 valence electrons. The molecule has 0 unspecified atom stereocenters. The van der Waals surface area contributed by atoms with Crippen molar-refractivity contribution in [2.45, 2.75) is 58.4 Å². The van der Waals surface area contributed by atoms with Crippen LogP contribution in [0, 0.1) is 20.8 Å². The average molecular weight is 311 g/mol. The predicted molar refractivity (Wildman–Crippen MR) is 80.4 cm³/mol. The van der Waals surface area contributed by atoms with E-state index in [4.69, 9.17) is 9.84 Å². The van der Waals surface area contributed by atoms with Crippen molar-refractivity contribution in [3.8, 4) is 0 Å². The Bertz CT molecular complexity index is 529. The lowest BCUT2D eigenvalue weighted by Gasteiger charge is -2.34. The number of carbonyl (C=O) groups is 1. The summed E-state index contributed by atoms with van der Waals surface area (Å²) in [5, 5.41) is 26.4. The molecule has 22 heavy (non-hydrogen) atoms. The second-order valence-electron chi connectivity index (χ2n) is 5.81. The fraction of sp³-hybridized carbons (Fsp3) is 0.733. The Balaban J connectivity index is 1.86. The molecule has 1 aromatic rings. The molecule has 3 N–H and O–H groups in total. The number of hydrogen-bond donors (Lipinski definition) is 3. The molecule has 7 nitrogen and oxygen atoms in total. The molecule has 1 saturated heterocycles. The molecule has 3 atom stereocenters. The number of ether oxygens (including phenoxy) is 1. The summed E-state index contributed by atoms with van der Waals surface area (Å²) in [5.74, 6) is -0.132. The van der Waals surface area contributed by atoms with Crippen molar-refractivity contribution in [3.63, 3.8) is 0 Å². The molecule has 2 heterocycles. The number of aryl methyl sites for hydroxylation is 2. The van der Waals surface area contributed by atoms with Crippen molar-refractivity contribution >= 4 is 5.91 Å². The minimum absolute atomic E-state index is 0.132. The third-order valence-electron chi connectivity index (χ3n) is 4.37. The second kappa shape index (κ2) is 7.21. The van der Waals surface area contributed by atoms with E-state index in [1.165, 1.54) is 0 Å². The summed E-state index contributed by atoms with van der Waals surface area (Å²) in [6.45, 7) is 6.63. The minimum Gasteiger partial charge on any atom is -0.394 e.